The van der Waals surface area contributed by atoms with Crippen LogP contribution in [0.15, 0.2) is 36.4 Å². The van der Waals surface area contributed by atoms with Crippen molar-refractivity contribution in [1.29, 1.82) is 0 Å². The van der Waals surface area contributed by atoms with E-state index in [0.717, 1.165) is 11.0 Å². The summed E-state index contributed by atoms with van der Waals surface area (Å²) in [4.78, 5) is 47.8. The summed E-state index contributed by atoms with van der Waals surface area (Å²) in [6.07, 6.45) is -0.292. The smallest absolute Gasteiger partial charge is 0.312 e. The van der Waals surface area contributed by atoms with Crippen LogP contribution in [0.2, 0.25) is 10.0 Å². The topological polar surface area (TPSA) is 107 Å². The number of imide groups is 1. The highest BCUT2D eigenvalue weighted by atomic mass is 35.5. The van der Waals surface area contributed by atoms with Crippen molar-refractivity contribution in [2.45, 2.75) is 6.42 Å². The fraction of sp³-hybridized carbons (Fsp3) is 0.118. The summed E-state index contributed by atoms with van der Waals surface area (Å²) in [6, 6.07) is 8.05. The van der Waals surface area contributed by atoms with Crippen LogP contribution >= 0.6 is 23.2 Å². The van der Waals surface area contributed by atoms with Crippen LogP contribution < -0.4 is 4.74 Å². The van der Waals surface area contributed by atoms with E-state index in [0.29, 0.717) is 5.02 Å². The highest BCUT2D eigenvalue weighted by Gasteiger charge is 2.40. The molecule has 1 heterocycles. The van der Waals surface area contributed by atoms with Crippen LogP contribution in [0.25, 0.3) is 0 Å². The van der Waals surface area contributed by atoms with Gasteiger partial charge in [0, 0.05) is 18.7 Å². The predicted octanol–water partition coefficient (Wildman–Crippen LogP) is 3.49. The number of benzene rings is 2. The van der Waals surface area contributed by atoms with Crippen molar-refractivity contribution in [3.05, 3.63) is 67.7 Å². The first-order valence-electron chi connectivity index (χ1n) is 7.59. The number of carbonyl (C=O) groups excluding carboxylic acids is 3. The number of nitro benzene ring substituents is 1. The summed E-state index contributed by atoms with van der Waals surface area (Å²) in [5.74, 6) is -2.06. The quantitative estimate of drug-likeness (QED) is 0.246. The van der Waals surface area contributed by atoms with Gasteiger partial charge in [0.2, 0.25) is 0 Å². The van der Waals surface area contributed by atoms with Crippen LogP contribution in [0.5, 0.6) is 5.75 Å². The van der Waals surface area contributed by atoms with Gasteiger partial charge in [-0.3, -0.25) is 29.4 Å². The fourth-order valence-corrected chi connectivity index (χ4v) is 2.88. The summed E-state index contributed by atoms with van der Waals surface area (Å²) in [5, 5.41) is 11.6. The lowest BCUT2D eigenvalue weighted by Crippen LogP contribution is -2.32. The van der Waals surface area contributed by atoms with E-state index in [1.165, 1.54) is 30.3 Å². The highest BCUT2D eigenvalue weighted by molar-refractivity contribution is 6.42. The summed E-state index contributed by atoms with van der Waals surface area (Å²) in [7, 11) is 0. The summed E-state index contributed by atoms with van der Waals surface area (Å²) < 4.78 is 5.08. The molecule has 8 nitrogen and oxygen atoms in total. The first kappa shape index (κ1) is 18.8. The van der Waals surface area contributed by atoms with Crippen LogP contribution in [-0.4, -0.2) is 34.2 Å². The van der Waals surface area contributed by atoms with E-state index in [9.17, 15) is 24.5 Å². The van der Waals surface area contributed by atoms with Gasteiger partial charge >= 0.3 is 5.97 Å². The van der Waals surface area contributed by atoms with Gasteiger partial charge in [-0.2, -0.15) is 0 Å². The van der Waals surface area contributed by atoms with E-state index >= 15 is 0 Å². The molecular formula is C17H10Cl2N2O6. The van der Waals surface area contributed by atoms with Crippen molar-refractivity contribution in [2.75, 3.05) is 6.54 Å². The largest absolute Gasteiger partial charge is 0.426 e. The van der Waals surface area contributed by atoms with E-state index < -0.39 is 28.4 Å². The minimum atomic E-state index is -0.815. The Labute approximate surface area is 162 Å². The molecule has 0 spiro atoms. The maximum atomic E-state index is 12.4. The second-order valence-corrected chi connectivity index (χ2v) is 6.33. The lowest BCUT2D eigenvalue weighted by Gasteiger charge is -2.13. The standard InChI is InChI=1S/C17H10Cl2N2O6/c18-11-5-4-9(8-12(11)19)27-14(22)6-7-20-16(23)10-2-1-3-13(21(25)26)15(10)17(20)24/h1-5,8H,6-7H2. The molecule has 0 aromatic heterocycles. The molecular weight excluding hydrogens is 399 g/mol. The number of halogens is 2. The lowest BCUT2D eigenvalue weighted by atomic mass is 10.1. The molecule has 2 aromatic carbocycles. The van der Waals surface area contributed by atoms with Crippen molar-refractivity contribution >= 4 is 46.7 Å². The Morgan fingerprint density at radius 3 is 2.52 bits per heavy atom. The molecule has 0 saturated carbocycles. The molecule has 2 aromatic rings. The van der Waals surface area contributed by atoms with Gasteiger partial charge < -0.3 is 4.74 Å². The van der Waals surface area contributed by atoms with Gasteiger partial charge in [0.25, 0.3) is 17.5 Å². The normalized spacial score (nSPS) is 12.9. The fourth-order valence-electron chi connectivity index (χ4n) is 2.60. The molecule has 0 unspecified atom stereocenters. The Balaban J connectivity index is 1.70. The van der Waals surface area contributed by atoms with Gasteiger partial charge in [-0.05, 0) is 18.2 Å². The lowest BCUT2D eigenvalue weighted by molar-refractivity contribution is -0.385. The third-order valence-electron chi connectivity index (χ3n) is 3.84. The summed E-state index contributed by atoms with van der Waals surface area (Å²) >= 11 is 11.6. The van der Waals surface area contributed by atoms with Crippen molar-refractivity contribution in [1.82, 2.24) is 4.90 Å². The van der Waals surface area contributed by atoms with E-state index in [4.69, 9.17) is 27.9 Å². The van der Waals surface area contributed by atoms with Gasteiger partial charge in [-0.1, -0.05) is 29.3 Å². The molecule has 1 aliphatic rings. The number of hydrogen-bond donors (Lipinski definition) is 0. The molecule has 0 atom stereocenters. The predicted molar refractivity (Wildman–Crippen MR) is 95.2 cm³/mol. The molecule has 0 N–H and O–H groups in total. The molecule has 0 fully saturated rings. The van der Waals surface area contributed by atoms with Gasteiger partial charge in [0.15, 0.2) is 0 Å². The average Bonchev–Trinajstić information content (AvgIpc) is 2.87. The molecule has 0 saturated heterocycles. The zero-order valence-corrected chi connectivity index (χ0v) is 15.0. The molecule has 10 heteroatoms. The first-order chi connectivity index (χ1) is 12.8. The Morgan fingerprint density at radius 1 is 1.11 bits per heavy atom. The second kappa shape index (κ2) is 7.34. The van der Waals surface area contributed by atoms with Crippen LogP contribution in [0.4, 0.5) is 5.69 Å². The maximum absolute atomic E-state index is 12.4. The molecule has 27 heavy (non-hydrogen) atoms. The van der Waals surface area contributed by atoms with E-state index in [1.807, 2.05) is 0 Å². The third kappa shape index (κ3) is 3.62. The van der Waals surface area contributed by atoms with Crippen LogP contribution in [0.3, 0.4) is 0 Å². The van der Waals surface area contributed by atoms with Crippen molar-refractivity contribution in [3.63, 3.8) is 0 Å². The van der Waals surface area contributed by atoms with E-state index in [1.54, 1.807) is 0 Å². The Bertz CT molecular complexity index is 991. The van der Waals surface area contributed by atoms with Gasteiger partial charge in [0.05, 0.1) is 27.0 Å². The first-order valence-corrected chi connectivity index (χ1v) is 8.34. The zero-order chi connectivity index (χ0) is 19.7. The third-order valence-corrected chi connectivity index (χ3v) is 4.58. The van der Waals surface area contributed by atoms with E-state index in [2.05, 4.69) is 0 Å². The highest BCUT2D eigenvalue weighted by Crippen LogP contribution is 2.31. The maximum Gasteiger partial charge on any atom is 0.312 e. The molecule has 0 aliphatic carbocycles. The molecule has 3 rings (SSSR count). The molecule has 2 amide bonds. The molecule has 0 bridgehead atoms. The number of nitro groups is 1. The SMILES string of the molecule is O=C(CCN1C(=O)c2cccc([N+](=O)[O-])c2C1=O)Oc1ccc(Cl)c(Cl)c1. The molecule has 1 aliphatic heterocycles. The minimum Gasteiger partial charge on any atom is -0.426 e. The van der Waals surface area contributed by atoms with Crippen LogP contribution in [0, 0.1) is 10.1 Å². The monoisotopic (exact) mass is 408 g/mol. The van der Waals surface area contributed by atoms with Crippen LogP contribution in [0.1, 0.15) is 27.1 Å². The van der Waals surface area contributed by atoms with Gasteiger partial charge in [-0.25, -0.2) is 0 Å². The van der Waals surface area contributed by atoms with Crippen molar-refractivity contribution in [2.24, 2.45) is 0 Å². The Morgan fingerprint density at radius 2 is 1.85 bits per heavy atom. The van der Waals surface area contributed by atoms with E-state index in [-0.39, 0.29) is 34.9 Å². The number of esters is 1. The number of carbonyl (C=O) groups is 3. The second-order valence-electron chi connectivity index (χ2n) is 5.52. The number of fused-ring (bicyclic) bond motifs is 1. The number of ether oxygens (including phenoxy) is 1. The molecule has 138 valence electrons. The Kier molecular flexibility index (Phi) is 5.11. The summed E-state index contributed by atoms with van der Waals surface area (Å²) in [6.45, 7) is -0.274. The molecule has 0 radical (unpaired) electrons. The van der Waals surface area contributed by atoms with Gasteiger partial charge in [0.1, 0.15) is 11.3 Å². The minimum absolute atomic E-state index is 0.0629. The number of rotatable bonds is 5. The van der Waals surface area contributed by atoms with Crippen LogP contribution in [-0.2, 0) is 4.79 Å². The average molecular weight is 409 g/mol. The van der Waals surface area contributed by atoms with Gasteiger partial charge in [-0.15, -0.1) is 0 Å². The van der Waals surface area contributed by atoms with Crippen molar-refractivity contribution in [3.8, 4) is 5.75 Å². The zero-order valence-electron chi connectivity index (χ0n) is 13.5. The Hall–Kier alpha value is -2.97. The number of hydrogen-bond acceptors (Lipinski definition) is 6. The van der Waals surface area contributed by atoms with Crippen molar-refractivity contribution < 1.29 is 24.0 Å². The summed E-state index contributed by atoms with van der Waals surface area (Å²) in [5.41, 5.74) is -0.788. The number of amides is 2. The number of nitrogens with zero attached hydrogens (tertiary/aromatic N) is 2.